The van der Waals surface area contributed by atoms with Crippen LogP contribution in [0.25, 0.3) is 0 Å². The third kappa shape index (κ3) is 6.56. The van der Waals surface area contributed by atoms with Gasteiger partial charge in [-0.2, -0.15) is 0 Å². The first-order valence-corrected chi connectivity index (χ1v) is 9.80. The molecule has 1 saturated heterocycles. The normalized spacial score (nSPS) is 24.2. The van der Waals surface area contributed by atoms with E-state index in [4.69, 9.17) is 33.2 Å². The maximum Gasteiger partial charge on any atom is 0.339 e. The van der Waals surface area contributed by atoms with E-state index in [0.29, 0.717) is 5.56 Å². The van der Waals surface area contributed by atoms with E-state index < -0.39 is 54.6 Å². The van der Waals surface area contributed by atoms with Gasteiger partial charge in [-0.15, -0.1) is 0 Å². The van der Waals surface area contributed by atoms with Gasteiger partial charge in [0.1, 0.15) is 0 Å². The van der Waals surface area contributed by atoms with Crippen molar-refractivity contribution in [1.29, 1.82) is 0 Å². The number of carbonyl (C=O) groups excluding carboxylic acids is 4. The van der Waals surface area contributed by atoms with Crippen LogP contribution in [0.3, 0.4) is 0 Å². The van der Waals surface area contributed by atoms with Crippen molar-refractivity contribution in [2.45, 2.75) is 58.1 Å². The fourth-order valence-electron chi connectivity index (χ4n) is 3.21. The molecule has 0 bridgehead atoms. The summed E-state index contributed by atoms with van der Waals surface area (Å²) in [6.45, 7) is 3.02. The molecule has 0 unspecified atom stereocenters. The number of hydrogen-bond donors (Lipinski definition) is 1. The smallest absolute Gasteiger partial charge is 0.339 e. The third-order valence-corrected chi connectivity index (χ3v) is 4.49. The van der Waals surface area contributed by atoms with E-state index in [1.807, 2.05) is 0 Å². The Labute approximate surface area is 189 Å². The molecule has 182 valence electrons. The summed E-state index contributed by atoms with van der Waals surface area (Å²) < 4.78 is 37.3. The molecule has 12 nitrogen and oxygen atoms in total. The molecule has 1 aromatic carbocycles. The van der Waals surface area contributed by atoms with Gasteiger partial charge >= 0.3 is 23.9 Å². The largest absolute Gasteiger partial charge is 0.493 e. The van der Waals surface area contributed by atoms with Crippen molar-refractivity contribution in [3.05, 3.63) is 23.8 Å². The number of hydrogen-bond acceptors (Lipinski definition) is 12. The third-order valence-electron chi connectivity index (χ3n) is 4.49. The zero-order valence-corrected chi connectivity index (χ0v) is 18.8. The van der Waals surface area contributed by atoms with Crippen molar-refractivity contribution < 1.29 is 57.4 Å². The summed E-state index contributed by atoms with van der Waals surface area (Å²) in [6, 6.07) is 4.51. The Hall–Kier alpha value is -3.38. The zero-order chi connectivity index (χ0) is 24.7. The lowest BCUT2D eigenvalue weighted by Gasteiger charge is -2.43. The van der Waals surface area contributed by atoms with Gasteiger partial charge in [-0.1, -0.05) is 6.07 Å². The average molecular weight is 470 g/mol. The summed E-state index contributed by atoms with van der Waals surface area (Å²) in [6.07, 6.45) is -7.51. The van der Waals surface area contributed by atoms with E-state index in [1.165, 1.54) is 19.2 Å². The summed E-state index contributed by atoms with van der Waals surface area (Å²) in [5, 5.41) is 9.33. The predicted molar refractivity (Wildman–Crippen MR) is 107 cm³/mol. The number of aliphatic hydroxyl groups excluding tert-OH is 1. The minimum Gasteiger partial charge on any atom is -0.493 e. The molecule has 0 aliphatic carbocycles. The Bertz CT molecular complexity index is 882. The lowest BCUT2D eigenvalue weighted by Crippen LogP contribution is -2.64. The van der Waals surface area contributed by atoms with Crippen LogP contribution in [-0.2, 0) is 49.5 Å². The first-order valence-electron chi connectivity index (χ1n) is 9.80. The highest BCUT2D eigenvalue weighted by molar-refractivity contribution is 5.77. The first kappa shape index (κ1) is 25.9. The van der Waals surface area contributed by atoms with Crippen molar-refractivity contribution in [3.8, 4) is 11.5 Å². The molecule has 1 fully saturated rings. The van der Waals surface area contributed by atoms with Crippen LogP contribution in [0.5, 0.6) is 11.5 Å². The van der Waals surface area contributed by atoms with Crippen LogP contribution in [0, 0.1) is 0 Å². The van der Waals surface area contributed by atoms with Crippen LogP contribution in [0.4, 0.5) is 0 Å². The fourth-order valence-corrected chi connectivity index (χ4v) is 3.21. The lowest BCUT2D eigenvalue weighted by molar-refractivity contribution is -0.282. The van der Waals surface area contributed by atoms with Crippen LogP contribution < -0.4 is 9.47 Å². The molecule has 1 N–H and O–H groups in total. The molecule has 0 aromatic heterocycles. The van der Waals surface area contributed by atoms with Crippen LogP contribution in [0.15, 0.2) is 18.2 Å². The SMILES string of the molecule is COC(=O)[C@H]1O[C@@H](Oc2ccc(CO)cc2OC)[C@H](OC(C)=O)[C@@H](OC(C)=O)[C@@H]1OC(C)=O. The molecule has 0 saturated carbocycles. The average Bonchev–Trinajstić information content (AvgIpc) is 2.76. The van der Waals surface area contributed by atoms with E-state index >= 15 is 0 Å². The molecular weight excluding hydrogens is 444 g/mol. The second-order valence-corrected chi connectivity index (χ2v) is 6.93. The van der Waals surface area contributed by atoms with Crippen molar-refractivity contribution in [3.63, 3.8) is 0 Å². The topological polar surface area (TPSA) is 153 Å². The molecule has 0 amide bonds. The summed E-state index contributed by atoms with van der Waals surface area (Å²) >= 11 is 0. The number of esters is 4. The summed E-state index contributed by atoms with van der Waals surface area (Å²) in [7, 11) is 2.45. The lowest BCUT2D eigenvalue weighted by atomic mass is 9.97. The number of methoxy groups -OCH3 is 2. The number of carbonyl (C=O) groups is 4. The zero-order valence-electron chi connectivity index (χ0n) is 18.8. The van der Waals surface area contributed by atoms with E-state index in [1.54, 1.807) is 6.07 Å². The van der Waals surface area contributed by atoms with Gasteiger partial charge in [-0.3, -0.25) is 14.4 Å². The van der Waals surface area contributed by atoms with Gasteiger partial charge in [-0.05, 0) is 17.7 Å². The molecule has 33 heavy (non-hydrogen) atoms. The van der Waals surface area contributed by atoms with Crippen LogP contribution in [-0.4, -0.2) is 73.9 Å². The minimum atomic E-state index is -1.58. The number of ether oxygens (including phenoxy) is 7. The van der Waals surface area contributed by atoms with E-state index in [9.17, 15) is 24.3 Å². The van der Waals surface area contributed by atoms with Crippen molar-refractivity contribution >= 4 is 23.9 Å². The highest BCUT2D eigenvalue weighted by Gasteiger charge is 2.56. The summed E-state index contributed by atoms with van der Waals surface area (Å²) in [5.74, 6) is -3.04. The predicted octanol–water partition coefficient (Wildman–Crippen LogP) is 0.259. The van der Waals surface area contributed by atoms with Gasteiger partial charge in [-0.25, -0.2) is 4.79 Å². The van der Waals surface area contributed by atoms with E-state index in [0.717, 1.165) is 27.9 Å². The molecule has 1 heterocycles. The van der Waals surface area contributed by atoms with Crippen molar-refractivity contribution in [2.75, 3.05) is 14.2 Å². The quantitative estimate of drug-likeness (QED) is 0.409. The molecular formula is C21H26O12. The molecule has 1 aliphatic rings. The Morgan fingerprint density at radius 1 is 0.879 bits per heavy atom. The van der Waals surface area contributed by atoms with Crippen LogP contribution in [0.2, 0.25) is 0 Å². The standard InChI is InChI=1S/C21H26O12/c1-10(23)29-16-17(30-11(2)24)19(31-12(3)25)21(33-18(16)20(26)28-5)32-14-7-6-13(9-22)8-15(14)27-4/h6-8,16-19,21-22H,9H2,1-5H3/t16-,17-,18-,19+,21+/m0/s1. The molecule has 0 radical (unpaired) electrons. The van der Waals surface area contributed by atoms with Crippen LogP contribution in [0.1, 0.15) is 26.3 Å². The maximum absolute atomic E-state index is 12.4. The number of aliphatic hydroxyl groups is 1. The molecule has 12 heteroatoms. The van der Waals surface area contributed by atoms with Gasteiger partial charge in [0, 0.05) is 20.8 Å². The highest BCUT2D eigenvalue weighted by Crippen LogP contribution is 2.35. The van der Waals surface area contributed by atoms with Gasteiger partial charge < -0.3 is 38.3 Å². The molecule has 0 spiro atoms. The highest BCUT2D eigenvalue weighted by atomic mass is 16.7. The Balaban J connectivity index is 2.54. The molecule has 5 atom stereocenters. The van der Waals surface area contributed by atoms with Gasteiger partial charge in [0.2, 0.25) is 12.4 Å². The second-order valence-electron chi connectivity index (χ2n) is 6.93. The van der Waals surface area contributed by atoms with Gasteiger partial charge in [0.15, 0.2) is 29.8 Å². The minimum absolute atomic E-state index is 0.105. The maximum atomic E-state index is 12.4. The fraction of sp³-hybridized carbons (Fsp3) is 0.524. The number of rotatable bonds is 8. The Kier molecular flexibility index (Phi) is 9.00. The van der Waals surface area contributed by atoms with E-state index in [2.05, 4.69) is 0 Å². The first-order chi connectivity index (χ1) is 15.6. The molecule has 1 aliphatic heterocycles. The Morgan fingerprint density at radius 3 is 1.97 bits per heavy atom. The van der Waals surface area contributed by atoms with Crippen LogP contribution >= 0.6 is 0 Å². The molecule has 1 aromatic rings. The van der Waals surface area contributed by atoms with E-state index in [-0.39, 0.29) is 18.1 Å². The second kappa shape index (κ2) is 11.5. The van der Waals surface area contributed by atoms with Gasteiger partial charge in [0.05, 0.1) is 20.8 Å². The molecule has 2 rings (SSSR count). The monoisotopic (exact) mass is 470 g/mol. The summed E-state index contributed by atoms with van der Waals surface area (Å²) in [4.78, 5) is 47.8. The summed E-state index contributed by atoms with van der Waals surface area (Å²) in [5.41, 5.74) is 0.528. The van der Waals surface area contributed by atoms with Crippen molar-refractivity contribution in [2.24, 2.45) is 0 Å². The van der Waals surface area contributed by atoms with Gasteiger partial charge in [0.25, 0.3) is 0 Å². The number of benzene rings is 1. The van der Waals surface area contributed by atoms with Crippen molar-refractivity contribution in [1.82, 2.24) is 0 Å². The Morgan fingerprint density at radius 2 is 1.45 bits per heavy atom.